The largest absolute Gasteiger partial charge is 0.326 e. The Balaban J connectivity index is 2.38. The molecule has 2 aromatic rings. The highest BCUT2D eigenvalue weighted by Gasteiger charge is 2.22. The van der Waals surface area contributed by atoms with Crippen molar-refractivity contribution in [1.29, 1.82) is 0 Å². The second kappa shape index (κ2) is 5.88. The zero-order valence-electron chi connectivity index (χ0n) is 9.43. The molecule has 0 aromatic carbocycles. The van der Waals surface area contributed by atoms with Gasteiger partial charge >= 0.3 is 0 Å². The van der Waals surface area contributed by atoms with E-state index in [4.69, 9.17) is 5.73 Å². The highest BCUT2D eigenvalue weighted by molar-refractivity contribution is 9.11. The molecule has 3 N–H and O–H groups in total. The molecule has 0 radical (unpaired) electrons. The molecular formula is C10H9Br2N3O2S2. The maximum atomic E-state index is 12.3. The van der Waals surface area contributed by atoms with Crippen molar-refractivity contribution in [2.75, 3.05) is 4.72 Å². The molecule has 0 aliphatic carbocycles. The van der Waals surface area contributed by atoms with Crippen molar-refractivity contribution in [3.05, 3.63) is 37.5 Å². The van der Waals surface area contributed by atoms with E-state index in [9.17, 15) is 8.42 Å². The second-order valence-electron chi connectivity index (χ2n) is 3.49. The molecule has 0 bridgehead atoms. The highest BCUT2D eigenvalue weighted by Crippen LogP contribution is 2.33. The summed E-state index contributed by atoms with van der Waals surface area (Å²) in [4.78, 5) is 4.92. The van der Waals surface area contributed by atoms with Crippen LogP contribution in [0, 0.1) is 0 Å². The van der Waals surface area contributed by atoms with Gasteiger partial charge in [-0.1, -0.05) is 0 Å². The molecule has 9 heteroatoms. The third-order valence-corrected chi connectivity index (χ3v) is 6.44. The van der Waals surface area contributed by atoms with Gasteiger partial charge < -0.3 is 5.73 Å². The predicted octanol–water partition coefficient (Wildman–Crippen LogP) is 2.93. The first-order valence-corrected chi connectivity index (χ1v) is 8.94. The van der Waals surface area contributed by atoms with Crippen LogP contribution in [0.1, 0.15) is 4.88 Å². The zero-order valence-corrected chi connectivity index (χ0v) is 14.2. The molecule has 0 unspecified atom stereocenters. The molecule has 0 atom stereocenters. The van der Waals surface area contributed by atoms with Gasteiger partial charge in [-0.15, -0.1) is 11.3 Å². The van der Waals surface area contributed by atoms with Crippen molar-refractivity contribution in [2.24, 2.45) is 5.73 Å². The van der Waals surface area contributed by atoms with E-state index in [1.54, 1.807) is 18.2 Å². The summed E-state index contributed by atoms with van der Waals surface area (Å²) in [7, 11) is -3.69. The molecule has 0 aliphatic heterocycles. The Morgan fingerprint density at radius 2 is 2.16 bits per heavy atom. The van der Waals surface area contributed by atoms with Gasteiger partial charge in [-0.05, 0) is 50.1 Å². The normalized spacial score (nSPS) is 11.5. The molecule has 2 heterocycles. The average molecular weight is 427 g/mol. The van der Waals surface area contributed by atoms with E-state index in [1.807, 2.05) is 0 Å². The standard InChI is InChI=1S/C10H9Br2N3O2S2/c11-7-2-1-3-14-10(7)15-19(16,17)8-4-6(5-13)18-9(8)12/h1-4H,5,13H2,(H,14,15). The van der Waals surface area contributed by atoms with E-state index in [-0.39, 0.29) is 10.7 Å². The van der Waals surface area contributed by atoms with Crippen LogP contribution >= 0.6 is 43.2 Å². The lowest BCUT2D eigenvalue weighted by atomic mass is 10.5. The molecule has 2 rings (SSSR count). The highest BCUT2D eigenvalue weighted by atomic mass is 79.9. The lowest BCUT2D eigenvalue weighted by Gasteiger charge is -2.07. The van der Waals surface area contributed by atoms with Gasteiger partial charge in [0.05, 0.1) is 8.26 Å². The van der Waals surface area contributed by atoms with Crippen LogP contribution in [0.15, 0.2) is 37.6 Å². The molecule has 0 aliphatic rings. The first-order valence-electron chi connectivity index (χ1n) is 5.05. The van der Waals surface area contributed by atoms with Gasteiger partial charge in [0.1, 0.15) is 4.90 Å². The smallest absolute Gasteiger partial charge is 0.265 e. The number of hydrogen-bond acceptors (Lipinski definition) is 5. The van der Waals surface area contributed by atoms with Gasteiger partial charge in [0.25, 0.3) is 10.0 Å². The lowest BCUT2D eigenvalue weighted by molar-refractivity contribution is 0.601. The topological polar surface area (TPSA) is 85.1 Å². The maximum absolute atomic E-state index is 12.3. The van der Waals surface area contributed by atoms with Crippen molar-refractivity contribution in [2.45, 2.75) is 11.4 Å². The third kappa shape index (κ3) is 3.34. The first-order chi connectivity index (χ1) is 8.94. The number of halogens is 2. The molecular weight excluding hydrogens is 418 g/mol. The van der Waals surface area contributed by atoms with Gasteiger partial charge in [-0.25, -0.2) is 13.4 Å². The fourth-order valence-corrected chi connectivity index (χ4v) is 5.40. The zero-order chi connectivity index (χ0) is 14.0. The summed E-state index contributed by atoms with van der Waals surface area (Å²) in [5.41, 5.74) is 5.51. The van der Waals surface area contributed by atoms with E-state index < -0.39 is 10.0 Å². The SMILES string of the molecule is NCc1cc(S(=O)(=O)Nc2ncccc2Br)c(Br)s1. The second-order valence-corrected chi connectivity index (χ2v) is 8.45. The number of pyridine rings is 1. The van der Waals surface area contributed by atoms with E-state index >= 15 is 0 Å². The minimum atomic E-state index is -3.69. The minimum absolute atomic E-state index is 0.163. The fourth-order valence-electron chi connectivity index (χ4n) is 1.32. The quantitative estimate of drug-likeness (QED) is 0.786. The molecule has 102 valence electrons. The Labute approximate surface area is 131 Å². The van der Waals surface area contributed by atoms with Crippen molar-refractivity contribution in [3.63, 3.8) is 0 Å². The van der Waals surface area contributed by atoms with E-state index in [0.717, 1.165) is 4.88 Å². The van der Waals surface area contributed by atoms with E-state index in [1.165, 1.54) is 17.5 Å². The lowest BCUT2D eigenvalue weighted by Crippen LogP contribution is -2.14. The van der Waals surface area contributed by atoms with Crippen molar-refractivity contribution in [1.82, 2.24) is 4.98 Å². The van der Waals surface area contributed by atoms with Crippen molar-refractivity contribution in [3.8, 4) is 0 Å². The van der Waals surface area contributed by atoms with Gasteiger partial charge in [-0.2, -0.15) is 0 Å². The third-order valence-electron chi connectivity index (χ3n) is 2.19. The minimum Gasteiger partial charge on any atom is -0.326 e. The molecule has 2 aromatic heterocycles. The Morgan fingerprint density at radius 1 is 1.42 bits per heavy atom. The summed E-state index contributed by atoms with van der Waals surface area (Å²) in [6.45, 7) is 0.298. The van der Waals surface area contributed by atoms with Gasteiger partial charge in [-0.3, -0.25) is 4.72 Å². The number of nitrogens with zero attached hydrogens (tertiary/aromatic N) is 1. The average Bonchev–Trinajstić information content (AvgIpc) is 2.74. The number of sulfonamides is 1. The number of nitrogens with one attached hydrogen (secondary N) is 1. The fraction of sp³-hybridized carbons (Fsp3) is 0.100. The Morgan fingerprint density at radius 3 is 2.74 bits per heavy atom. The monoisotopic (exact) mass is 425 g/mol. The molecule has 0 saturated heterocycles. The molecule has 19 heavy (non-hydrogen) atoms. The molecule has 0 fully saturated rings. The van der Waals surface area contributed by atoms with Crippen LogP contribution in [-0.2, 0) is 16.6 Å². The van der Waals surface area contributed by atoms with Crippen LogP contribution in [-0.4, -0.2) is 13.4 Å². The summed E-state index contributed by atoms with van der Waals surface area (Å²) in [5.74, 6) is 0.245. The number of hydrogen-bond donors (Lipinski definition) is 2. The van der Waals surface area contributed by atoms with Crippen LogP contribution in [0.2, 0.25) is 0 Å². The maximum Gasteiger partial charge on any atom is 0.265 e. The van der Waals surface area contributed by atoms with Crippen molar-refractivity contribution < 1.29 is 8.42 Å². The first kappa shape index (κ1) is 14.9. The van der Waals surface area contributed by atoms with Crippen LogP contribution in [0.25, 0.3) is 0 Å². The Bertz CT molecular complexity index is 701. The predicted molar refractivity (Wildman–Crippen MR) is 82.7 cm³/mol. The van der Waals surface area contributed by atoms with E-state index in [2.05, 4.69) is 41.6 Å². The molecule has 0 spiro atoms. The number of anilines is 1. The molecule has 0 saturated carbocycles. The van der Waals surface area contributed by atoms with Crippen LogP contribution < -0.4 is 10.5 Å². The number of aromatic nitrogens is 1. The number of nitrogens with two attached hydrogens (primary N) is 1. The van der Waals surface area contributed by atoms with Gasteiger partial charge in [0.15, 0.2) is 5.82 Å². The summed E-state index contributed by atoms with van der Waals surface area (Å²) >= 11 is 7.77. The van der Waals surface area contributed by atoms with Crippen LogP contribution in [0.5, 0.6) is 0 Å². The summed E-state index contributed by atoms with van der Waals surface area (Å²) in [5, 5.41) is 0. The Kier molecular flexibility index (Phi) is 4.62. The van der Waals surface area contributed by atoms with Crippen LogP contribution in [0.4, 0.5) is 5.82 Å². The summed E-state index contributed by atoms with van der Waals surface area (Å²) in [6.07, 6.45) is 1.51. The number of rotatable bonds is 4. The Hall–Kier alpha value is -0.480. The summed E-state index contributed by atoms with van der Waals surface area (Å²) in [6, 6.07) is 4.96. The number of thiophene rings is 1. The molecule has 5 nitrogen and oxygen atoms in total. The van der Waals surface area contributed by atoms with Gasteiger partial charge in [0, 0.05) is 17.6 Å². The van der Waals surface area contributed by atoms with Crippen LogP contribution in [0.3, 0.4) is 0 Å². The van der Waals surface area contributed by atoms with E-state index in [0.29, 0.717) is 14.8 Å². The van der Waals surface area contributed by atoms with Gasteiger partial charge in [0.2, 0.25) is 0 Å². The molecule has 0 amide bonds. The summed E-state index contributed by atoms with van der Waals surface area (Å²) < 4.78 is 28.1. The van der Waals surface area contributed by atoms with Crippen molar-refractivity contribution >= 4 is 59.0 Å².